The lowest BCUT2D eigenvalue weighted by molar-refractivity contribution is -0.117. The molecule has 1 saturated heterocycles. The van der Waals surface area contributed by atoms with Crippen molar-refractivity contribution in [3.63, 3.8) is 0 Å². The van der Waals surface area contributed by atoms with Gasteiger partial charge in [-0.15, -0.1) is 0 Å². The molecular weight excluding hydrogens is 399 g/mol. The van der Waals surface area contributed by atoms with Gasteiger partial charge in [0.15, 0.2) is 5.82 Å². The average Bonchev–Trinajstić information content (AvgIpc) is 2.86. The van der Waals surface area contributed by atoms with E-state index in [1.807, 2.05) is 6.07 Å². The fourth-order valence-corrected chi connectivity index (χ4v) is 4.05. The number of amides is 1. The largest absolute Gasteiger partial charge is 0.506 e. The maximum atomic E-state index is 14.6. The van der Waals surface area contributed by atoms with Crippen molar-refractivity contribution in [1.82, 2.24) is 4.72 Å². The molecule has 2 aromatic rings. The molecule has 2 N–H and O–H groups in total. The molecule has 1 fully saturated rings. The summed E-state index contributed by atoms with van der Waals surface area (Å²) in [7, 11) is -2.74. The molecule has 27 heavy (non-hydrogen) atoms. The molecule has 0 unspecified atom stereocenters. The van der Waals surface area contributed by atoms with E-state index in [0.717, 1.165) is 12.1 Å². The summed E-state index contributed by atoms with van der Waals surface area (Å²) in [6.45, 7) is -0.641. The zero-order valence-electron chi connectivity index (χ0n) is 13.8. The van der Waals surface area contributed by atoms with Crippen LogP contribution in [0.3, 0.4) is 0 Å². The first-order valence-electron chi connectivity index (χ1n) is 7.43. The number of nitrogens with zero attached hydrogens (tertiary/aromatic N) is 3. The van der Waals surface area contributed by atoms with E-state index in [-0.39, 0.29) is 10.7 Å². The van der Waals surface area contributed by atoms with Crippen LogP contribution in [0.25, 0.3) is 0 Å². The summed E-state index contributed by atoms with van der Waals surface area (Å²) in [5, 5.41) is 19.5. The Morgan fingerprint density at radius 1 is 1.37 bits per heavy atom. The summed E-state index contributed by atoms with van der Waals surface area (Å²) in [4.78, 5) is 12.8. The molecule has 0 aromatic heterocycles. The molecule has 1 amide bonds. The number of nitriles is 1. The molecule has 0 aliphatic carbocycles. The molecule has 0 radical (unpaired) electrons. The molecule has 1 heterocycles. The van der Waals surface area contributed by atoms with E-state index in [2.05, 4.69) is 0 Å². The van der Waals surface area contributed by atoms with E-state index in [0.29, 0.717) is 15.6 Å². The number of hydrogen-bond acceptors (Lipinski definition) is 6. The van der Waals surface area contributed by atoms with E-state index in [4.69, 9.17) is 16.9 Å². The Morgan fingerprint density at radius 3 is 2.63 bits per heavy atom. The van der Waals surface area contributed by atoms with Gasteiger partial charge in [-0.2, -0.15) is 13.7 Å². The van der Waals surface area contributed by atoms with Gasteiger partial charge in [0.25, 0.3) is 5.91 Å². The number of benzene rings is 2. The number of carbonyl (C=O) groups is 1. The van der Waals surface area contributed by atoms with Crippen LogP contribution in [-0.2, 0) is 15.0 Å². The summed E-state index contributed by atoms with van der Waals surface area (Å²) in [6.07, 6.45) is 0. The van der Waals surface area contributed by atoms with Gasteiger partial charge in [-0.05, 0) is 24.3 Å². The highest BCUT2D eigenvalue weighted by atomic mass is 35.5. The van der Waals surface area contributed by atoms with Crippen LogP contribution in [0.4, 0.5) is 21.5 Å². The smallest absolute Gasteiger partial charge is 0.326 e. The summed E-state index contributed by atoms with van der Waals surface area (Å²) in [5.41, 5.74) is 0.229. The molecular formula is C16H12ClFN4O4S. The molecule has 3 rings (SSSR count). The first kappa shape index (κ1) is 18.8. The number of hydrogen-bond donors (Lipinski definition) is 2. The van der Waals surface area contributed by atoms with E-state index in [1.54, 1.807) is 4.72 Å². The maximum Gasteiger partial charge on any atom is 0.326 e. The molecule has 0 atom stereocenters. The number of phenols is 1. The molecule has 1 aliphatic rings. The lowest BCUT2D eigenvalue weighted by Gasteiger charge is -2.23. The lowest BCUT2D eigenvalue weighted by atomic mass is 10.1. The minimum atomic E-state index is -4.27. The van der Waals surface area contributed by atoms with Crippen molar-refractivity contribution in [2.75, 3.05) is 22.8 Å². The summed E-state index contributed by atoms with van der Waals surface area (Å²) in [6, 6.07) is 8.59. The third-order valence-electron chi connectivity index (χ3n) is 3.92. The number of aromatic hydroxyl groups is 1. The summed E-state index contributed by atoms with van der Waals surface area (Å²) < 4.78 is 40.6. The Labute approximate surface area is 159 Å². The molecule has 11 heteroatoms. The van der Waals surface area contributed by atoms with E-state index >= 15 is 0 Å². The zero-order chi connectivity index (χ0) is 19.9. The number of carbonyl (C=O) groups excluding carboxylic acids is 1. The maximum absolute atomic E-state index is 14.6. The Hall–Kier alpha value is -3.03. The van der Waals surface area contributed by atoms with Gasteiger partial charge in [-0.3, -0.25) is 4.79 Å². The van der Waals surface area contributed by atoms with Gasteiger partial charge in [-0.25, -0.2) is 13.4 Å². The van der Waals surface area contributed by atoms with Gasteiger partial charge < -0.3 is 10.0 Å². The minimum Gasteiger partial charge on any atom is -0.506 e. The molecule has 0 bridgehead atoms. The summed E-state index contributed by atoms with van der Waals surface area (Å²) in [5.74, 6) is -2.57. The monoisotopic (exact) mass is 410 g/mol. The second-order valence-corrected chi connectivity index (χ2v) is 7.67. The predicted molar refractivity (Wildman–Crippen MR) is 96.7 cm³/mol. The van der Waals surface area contributed by atoms with Crippen molar-refractivity contribution in [2.24, 2.45) is 0 Å². The van der Waals surface area contributed by atoms with Crippen molar-refractivity contribution in [3.8, 4) is 11.8 Å². The van der Waals surface area contributed by atoms with Crippen molar-refractivity contribution < 1.29 is 22.7 Å². The van der Waals surface area contributed by atoms with Gasteiger partial charge in [0.05, 0.1) is 22.3 Å². The highest BCUT2D eigenvalue weighted by Crippen LogP contribution is 2.39. The van der Waals surface area contributed by atoms with Gasteiger partial charge in [0, 0.05) is 18.8 Å². The van der Waals surface area contributed by atoms with Gasteiger partial charge in [0.2, 0.25) is 0 Å². The highest BCUT2D eigenvalue weighted by molar-refractivity contribution is 7.92. The SMILES string of the molecule is CN(c1cc(O)c(N2CC(=O)NS2(=O)=O)c(F)c1)c1cc(C#N)ccc1Cl. The predicted octanol–water partition coefficient (Wildman–Crippen LogP) is 2.01. The van der Waals surface area contributed by atoms with Crippen LogP contribution in [0.1, 0.15) is 5.56 Å². The van der Waals surface area contributed by atoms with Gasteiger partial charge in [0.1, 0.15) is 18.0 Å². The van der Waals surface area contributed by atoms with Crippen molar-refractivity contribution in [1.29, 1.82) is 5.26 Å². The van der Waals surface area contributed by atoms with E-state index < -0.39 is 39.9 Å². The molecule has 140 valence electrons. The first-order valence-corrected chi connectivity index (χ1v) is 9.25. The van der Waals surface area contributed by atoms with E-state index in [1.165, 1.54) is 30.1 Å². The van der Waals surface area contributed by atoms with E-state index in [9.17, 15) is 22.7 Å². The van der Waals surface area contributed by atoms with Crippen LogP contribution in [-0.4, -0.2) is 33.0 Å². The van der Waals surface area contributed by atoms with Crippen molar-refractivity contribution in [2.45, 2.75) is 0 Å². The number of phenolic OH excluding ortho intramolecular Hbond substituents is 1. The fourth-order valence-electron chi connectivity index (χ4n) is 2.64. The third kappa shape index (κ3) is 3.34. The Morgan fingerprint density at radius 2 is 2.07 bits per heavy atom. The van der Waals surface area contributed by atoms with Crippen LogP contribution >= 0.6 is 11.6 Å². The summed E-state index contributed by atoms with van der Waals surface area (Å²) >= 11 is 6.13. The average molecular weight is 411 g/mol. The number of anilines is 3. The normalized spacial score (nSPS) is 15.3. The van der Waals surface area contributed by atoms with Gasteiger partial charge >= 0.3 is 10.2 Å². The highest BCUT2D eigenvalue weighted by Gasteiger charge is 2.37. The first-order chi connectivity index (χ1) is 12.6. The van der Waals surface area contributed by atoms with Gasteiger partial charge in [-0.1, -0.05) is 11.6 Å². The van der Waals surface area contributed by atoms with Crippen LogP contribution in [0.2, 0.25) is 5.02 Å². The lowest BCUT2D eigenvalue weighted by Crippen LogP contribution is -2.30. The number of nitrogens with one attached hydrogen (secondary N) is 1. The molecule has 8 nitrogen and oxygen atoms in total. The molecule has 0 saturated carbocycles. The zero-order valence-corrected chi connectivity index (χ0v) is 15.3. The number of halogens is 2. The van der Waals surface area contributed by atoms with Crippen LogP contribution in [0.15, 0.2) is 30.3 Å². The van der Waals surface area contributed by atoms with Crippen LogP contribution in [0.5, 0.6) is 5.75 Å². The van der Waals surface area contributed by atoms with Crippen LogP contribution < -0.4 is 13.9 Å². The molecule has 0 spiro atoms. The van der Waals surface area contributed by atoms with Crippen molar-refractivity contribution in [3.05, 3.63) is 46.7 Å². The van der Waals surface area contributed by atoms with Crippen LogP contribution in [0, 0.1) is 17.1 Å². The molecule has 2 aromatic carbocycles. The third-order valence-corrected chi connectivity index (χ3v) is 5.62. The Kier molecular flexibility index (Phi) is 4.59. The fraction of sp³-hybridized carbons (Fsp3) is 0.125. The molecule has 1 aliphatic heterocycles. The quantitative estimate of drug-likeness (QED) is 0.800. The Balaban J connectivity index is 2.06. The second kappa shape index (κ2) is 6.61. The standard InChI is InChI=1S/C16H12ClFN4O4S/c1-21(13-4-9(7-19)2-3-11(13)17)10-5-12(18)16(14(23)6-10)22-8-15(24)20-27(22,25)26/h2-6,23H,8H2,1H3,(H,20,24). The minimum absolute atomic E-state index is 0.154. The van der Waals surface area contributed by atoms with Crippen molar-refractivity contribution >= 4 is 44.8 Å². The Bertz CT molecular complexity index is 1080. The topological polar surface area (TPSA) is 114 Å². The second-order valence-electron chi connectivity index (χ2n) is 5.67. The number of rotatable bonds is 3.